The molecule has 0 unspecified atom stereocenters. The van der Waals surface area contributed by atoms with E-state index in [4.69, 9.17) is 7.85 Å². The van der Waals surface area contributed by atoms with Gasteiger partial charge in [0.25, 0.3) is 0 Å². The van der Waals surface area contributed by atoms with Crippen molar-refractivity contribution in [1.29, 1.82) is 0 Å². The molecule has 0 spiro atoms. The first kappa shape index (κ1) is 12.8. The van der Waals surface area contributed by atoms with Crippen molar-refractivity contribution < 1.29 is 11.0 Å². The van der Waals surface area contributed by atoms with Crippen LogP contribution >= 0.6 is 0 Å². The maximum Gasteiger partial charge on any atom is -0.870 e. The van der Waals surface area contributed by atoms with Crippen molar-refractivity contribution >= 4 is 13.3 Å². The molecule has 0 fully saturated rings. The molecular formula is C8H11BO2. The molecule has 0 atom stereocenters. The minimum Gasteiger partial charge on any atom is -0.870 e. The average molecular weight is 150 g/mol. The molecule has 1 aromatic rings. The fourth-order valence-corrected chi connectivity index (χ4v) is 0.765. The van der Waals surface area contributed by atoms with E-state index in [1.165, 1.54) is 11.1 Å². The molecule has 0 aromatic heterocycles. The number of rotatable bonds is 0. The summed E-state index contributed by atoms with van der Waals surface area (Å²) in [6.07, 6.45) is 0. The van der Waals surface area contributed by atoms with Crippen LogP contribution in [0.25, 0.3) is 0 Å². The second-order valence-corrected chi connectivity index (χ2v) is 2.34. The van der Waals surface area contributed by atoms with Crippen LogP contribution in [0, 0.1) is 13.8 Å². The van der Waals surface area contributed by atoms with Gasteiger partial charge in [0.05, 0.1) is 0 Å². The Bertz CT molecular complexity index is 223. The Morgan fingerprint density at radius 3 is 1.91 bits per heavy atom. The summed E-state index contributed by atoms with van der Waals surface area (Å²) in [5, 5.41) is 0. The zero-order chi connectivity index (χ0) is 6.85. The zero-order valence-corrected chi connectivity index (χ0v) is 6.70. The van der Waals surface area contributed by atoms with E-state index in [-0.39, 0.29) is 11.0 Å². The standard InChI is InChI=1S/C8H9B.2H2O/c1-6-3-4-8(9)5-7(6)2;;/h3-5H,1-2H3;2*1H2/q+2;;/p-2. The molecule has 3 heteroatoms. The Morgan fingerprint density at radius 1 is 1.00 bits per heavy atom. The largest absolute Gasteiger partial charge is 0.870 e. The van der Waals surface area contributed by atoms with Gasteiger partial charge in [0.2, 0.25) is 0 Å². The van der Waals surface area contributed by atoms with Crippen molar-refractivity contribution in [3.63, 3.8) is 0 Å². The van der Waals surface area contributed by atoms with E-state index < -0.39 is 0 Å². The third kappa shape index (κ3) is 3.21. The van der Waals surface area contributed by atoms with Crippen LogP contribution in [-0.2, 0) is 0 Å². The van der Waals surface area contributed by atoms with E-state index >= 15 is 0 Å². The van der Waals surface area contributed by atoms with Crippen LogP contribution in [0.4, 0.5) is 0 Å². The average Bonchev–Trinajstić information content (AvgIpc) is 1.80. The Morgan fingerprint density at radius 2 is 1.55 bits per heavy atom. The van der Waals surface area contributed by atoms with Gasteiger partial charge in [-0.05, 0) is 0 Å². The van der Waals surface area contributed by atoms with Gasteiger partial charge < -0.3 is 11.0 Å². The minimum atomic E-state index is 0. The summed E-state index contributed by atoms with van der Waals surface area (Å²) in [5.41, 5.74) is 3.40. The molecule has 0 aliphatic carbocycles. The van der Waals surface area contributed by atoms with Gasteiger partial charge in [0.15, 0.2) is 0 Å². The maximum atomic E-state index is 5.53. The first-order chi connectivity index (χ1) is 4.20. The smallest absolute Gasteiger partial charge is 0.870 e. The summed E-state index contributed by atoms with van der Waals surface area (Å²) >= 11 is 0. The first-order valence-electron chi connectivity index (χ1n) is 3.03. The normalized spacial score (nSPS) is 8.00. The van der Waals surface area contributed by atoms with Crippen LogP contribution in [0.15, 0.2) is 18.2 Å². The Labute approximate surface area is 68.3 Å². The molecule has 1 rings (SSSR count). The van der Waals surface area contributed by atoms with E-state index in [1.54, 1.807) is 0 Å². The summed E-state index contributed by atoms with van der Waals surface area (Å²) < 4.78 is 0. The van der Waals surface area contributed by atoms with Crippen molar-refractivity contribution in [1.82, 2.24) is 0 Å². The van der Waals surface area contributed by atoms with E-state index in [2.05, 4.69) is 13.8 Å². The number of hydrogen-bond acceptors (Lipinski definition) is 2. The molecular weight excluding hydrogens is 139 g/mol. The van der Waals surface area contributed by atoms with Gasteiger partial charge in [0, 0.05) is 0 Å². The van der Waals surface area contributed by atoms with Gasteiger partial charge in [0.1, 0.15) is 0 Å². The third-order valence-corrected chi connectivity index (χ3v) is 1.53. The quantitative estimate of drug-likeness (QED) is 0.512. The van der Waals surface area contributed by atoms with Crippen molar-refractivity contribution in [3.05, 3.63) is 29.3 Å². The Hall–Kier alpha value is -0.795. The molecule has 0 radical (unpaired) electrons. The molecule has 0 amide bonds. The third-order valence-electron chi connectivity index (χ3n) is 1.53. The number of hydrogen-bond donors (Lipinski definition) is 0. The number of aryl methyl sites for hydroxylation is 2. The molecule has 2 nitrogen and oxygen atoms in total. The SMILES string of the molecule is [B+2]c1ccc(C)c(C)c1.[OH-].[OH-]. The fraction of sp³-hybridized carbons (Fsp3) is 0.250. The van der Waals surface area contributed by atoms with Gasteiger partial charge in [-0.15, -0.1) is 0 Å². The topological polar surface area (TPSA) is 60.0 Å². The first-order valence-corrected chi connectivity index (χ1v) is 3.03. The Kier molecular flexibility index (Phi) is 5.76. The minimum absolute atomic E-state index is 0. The second kappa shape index (κ2) is 4.94. The van der Waals surface area contributed by atoms with E-state index in [0.29, 0.717) is 0 Å². The molecule has 2 N–H and O–H groups in total. The predicted octanol–water partition coefficient (Wildman–Crippen LogP) is 0.744. The predicted molar refractivity (Wildman–Crippen MR) is 45.2 cm³/mol. The molecule has 0 heterocycles. The van der Waals surface area contributed by atoms with Gasteiger partial charge in [-0.25, -0.2) is 0 Å². The van der Waals surface area contributed by atoms with Gasteiger partial charge in [-0.3, -0.25) is 0 Å². The van der Waals surface area contributed by atoms with Gasteiger partial charge in [-0.2, -0.15) is 0 Å². The summed E-state index contributed by atoms with van der Waals surface area (Å²) in [5.74, 6) is 0. The van der Waals surface area contributed by atoms with Crippen molar-refractivity contribution in [2.24, 2.45) is 0 Å². The van der Waals surface area contributed by atoms with Crippen molar-refractivity contribution in [3.8, 4) is 0 Å². The molecule has 0 aliphatic rings. The fourth-order valence-electron chi connectivity index (χ4n) is 0.765. The van der Waals surface area contributed by atoms with Crippen LogP contribution in [0.5, 0.6) is 0 Å². The van der Waals surface area contributed by atoms with Crippen LogP contribution in [0.2, 0.25) is 0 Å². The second-order valence-electron chi connectivity index (χ2n) is 2.34. The molecule has 1 aromatic carbocycles. The summed E-state index contributed by atoms with van der Waals surface area (Å²) in [7, 11) is 5.53. The molecule has 0 saturated heterocycles. The van der Waals surface area contributed by atoms with E-state index in [0.717, 1.165) is 5.46 Å². The molecule has 0 saturated carbocycles. The molecule has 11 heavy (non-hydrogen) atoms. The van der Waals surface area contributed by atoms with Crippen LogP contribution in [0.3, 0.4) is 0 Å². The monoisotopic (exact) mass is 150 g/mol. The molecule has 0 aliphatic heterocycles. The van der Waals surface area contributed by atoms with Crippen LogP contribution in [0.1, 0.15) is 11.1 Å². The summed E-state index contributed by atoms with van der Waals surface area (Å²) in [6.45, 7) is 4.14. The zero-order valence-electron chi connectivity index (χ0n) is 6.70. The van der Waals surface area contributed by atoms with E-state index in [9.17, 15) is 0 Å². The molecule has 58 valence electrons. The Balaban J connectivity index is 0. The summed E-state index contributed by atoms with van der Waals surface area (Å²) in [6, 6.07) is 5.93. The van der Waals surface area contributed by atoms with Crippen molar-refractivity contribution in [2.75, 3.05) is 0 Å². The van der Waals surface area contributed by atoms with E-state index in [1.807, 2.05) is 18.2 Å². The summed E-state index contributed by atoms with van der Waals surface area (Å²) in [4.78, 5) is 0. The number of benzene rings is 1. The maximum absolute atomic E-state index is 5.53. The van der Waals surface area contributed by atoms with Gasteiger partial charge >= 0.3 is 56.5 Å². The van der Waals surface area contributed by atoms with Gasteiger partial charge in [-0.1, -0.05) is 0 Å². The molecule has 0 bridgehead atoms. The van der Waals surface area contributed by atoms with Crippen molar-refractivity contribution in [2.45, 2.75) is 13.8 Å². The van der Waals surface area contributed by atoms with Crippen LogP contribution in [-0.4, -0.2) is 18.8 Å². The van der Waals surface area contributed by atoms with Crippen LogP contribution < -0.4 is 5.46 Å².